The quantitative estimate of drug-likeness (QED) is 0.850. The largest absolute Gasteiger partial charge is 0.338 e. The molecule has 1 aliphatic rings. The number of likely N-dealkylation sites (tertiary alicyclic amines) is 1. The minimum Gasteiger partial charge on any atom is -0.338 e. The number of aromatic nitrogens is 2. The predicted octanol–water partition coefficient (Wildman–Crippen LogP) is 3.04. The first-order valence-corrected chi connectivity index (χ1v) is 8.24. The van der Waals surface area contributed by atoms with E-state index in [2.05, 4.69) is 5.10 Å². The van der Waals surface area contributed by atoms with Crippen LogP contribution in [0, 0.1) is 5.82 Å². The highest BCUT2D eigenvalue weighted by atomic mass is 19.1. The molecule has 2 heterocycles. The Bertz CT molecular complexity index is 624. The van der Waals surface area contributed by atoms with Crippen molar-refractivity contribution < 1.29 is 9.18 Å². The Hall–Kier alpha value is -2.17. The van der Waals surface area contributed by atoms with Gasteiger partial charge in [-0.05, 0) is 49.4 Å². The lowest BCUT2D eigenvalue weighted by molar-refractivity contribution is -0.135. The monoisotopic (exact) mass is 315 g/mol. The highest BCUT2D eigenvalue weighted by molar-refractivity contribution is 5.76. The molecule has 0 spiro atoms. The summed E-state index contributed by atoms with van der Waals surface area (Å²) in [5.74, 6) is -0.0541. The molecule has 0 radical (unpaired) electrons. The molecular formula is C18H22FN3O. The number of piperidine rings is 1. The third kappa shape index (κ3) is 4.18. The zero-order chi connectivity index (χ0) is 16.1. The fourth-order valence-corrected chi connectivity index (χ4v) is 3.19. The number of aryl methyl sites for hydroxylation is 1. The fourth-order valence-electron chi connectivity index (χ4n) is 3.19. The van der Waals surface area contributed by atoms with Crippen LogP contribution in [0.3, 0.4) is 0 Å². The highest BCUT2D eigenvalue weighted by Gasteiger charge is 2.26. The molecule has 1 aliphatic heterocycles. The van der Waals surface area contributed by atoms with E-state index >= 15 is 0 Å². The van der Waals surface area contributed by atoms with Crippen LogP contribution in [0.25, 0.3) is 0 Å². The van der Waals surface area contributed by atoms with Gasteiger partial charge in [0.1, 0.15) is 5.82 Å². The van der Waals surface area contributed by atoms with Crippen molar-refractivity contribution in [1.82, 2.24) is 14.7 Å². The maximum Gasteiger partial charge on any atom is 0.223 e. The first-order valence-electron chi connectivity index (χ1n) is 8.24. The lowest BCUT2D eigenvalue weighted by atomic mass is 10.0. The molecule has 1 fully saturated rings. The maximum atomic E-state index is 12.9. The summed E-state index contributed by atoms with van der Waals surface area (Å²) in [5.41, 5.74) is 1.00. The molecule has 1 aromatic heterocycles. The van der Waals surface area contributed by atoms with Crippen LogP contribution in [0.4, 0.5) is 4.39 Å². The van der Waals surface area contributed by atoms with Crippen LogP contribution in [0.15, 0.2) is 42.7 Å². The average Bonchev–Trinajstić information content (AvgIpc) is 3.07. The average molecular weight is 315 g/mol. The number of hydrogen-bond acceptors (Lipinski definition) is 2. The van der Waals surface area contributed by atoms with Crippen molar-refractivity contribution in [3.63, 3.8) is 0 Å². The zero-order valence-electron chi connectivity index (χ0n) is 13.2. The summed E-state index contributed by atoms with van der Waals surface area (Å²) in [6.07, 6.45) is 8.10. The van der Waals surface area contributed by atoms with Gasteiger partial charge in [0.2, 0.25) is 5.91 Å². The molecule has 1 amide bonds. The van der Waals surface area contributed by atoms with Crippen LogP contribution in [-0.4, -0.2) is 33.2 Å². The SMILES string of the molecule is O=C(CCc1ccc(F)cc1)N1CCCC[C@@H]1Cn1cccn1. The Labute approximate surface area is 135 Å². The lowest BCUT2D eigenvalue weighted by Crippen LogP contribution is -2.46. The first-order chi connectivity index (χ1) is 11.2. The van der Waals surface area contributed by atoms with E-state index in [9.17, 15) is 9.18 Å². The second kappa shape index (κ2) is 7.40. The van der Waals surface area contributed by atoms with Gasteiger partial charge in [0.15, 0.2) is 0 Å². The molecule has 0 saturated carbocycles. The number of hydrogen-bond donors (Lipinski definition) is 0. The molecule has 0 aliphatic carbocycles. The number of amides is 1. The van der Waals surface area contributed by atoms with Gasteiger partial charge < -0.3 is 4.90 Å². The van der Waals surface area contributed by atoms with Gasteiger partial charge in [0.25, 0.3) is 0 Å². The molecule has 0 N–H and O–H groups in total. The zero-order valence-corrected chi connectivity index (χ0v) is 13.2. The van der Waals surface area contributed by atoms with Crippen molar-refractivity contribution in [3.8, 4) is 0 Å². The molecule has 4 nitrogen and oxygen atoms in total. The standard InChI is InChI=1S/C18H22FN3O/c19-16-8-5-15(6-9-16)7-10-18(23)22-13-2-1-4-17(22)14-21-12-3-11-20-21/h3,5-6,8-9,11-12,17H,1-2,4,7,10,13-14H2/t17-/m1/s1. The van der Waals surface area contributed by atoms with Crippen LogP contribution in [0.5, 0.6) is 0 Å². The van der Waals surface area contributed by atoms with Crippen molar-refractivity contribution >= 4 is 5.91 Å². The van der Waals surface area contributed by atoms with E-state index in [-0.39, 0.29) is 17.8 Å². The minimum atomic E-state index is -0.240. The first kappa shape index (κ1) is 15.7. The summed E-state index contributed by atoms with van der Waals surface area (Å²) in [7, 11) is 0. The number of carbonyl (C=O) groups excluding carboxylic acids is 1. The Balaban J connectivity index is 1.58. The molecule has 0 bridgehead atoms. The van der Waals surface area contributed by atoms with Gasteiger partial charge in [-0.25, -0.2) is 4.39 Å². The summed E-state index contributed by atoms with van der Waals surface area (Å²) in [6, 6.07) is 8.52. The van der Waals surface area contributed by atoms with Crippen molar-refractivity contribution in [2.45, 2.75) is 44.7 Å². The third-order valence-electron chi connectivity index (χ3n) is 4.45. The molecule has 1 atom stereocenters. The fraction of sp³-hybridized carbons (Fsp3) is 0.444. The van der Waals surface area contributed by atoms with E-state index in [4.69, 9.17) is 0 Å². The van der Waals surface area contributed by atoms with E-state index in [0.717, 1.165) is 37.9 Å². The van der Waals surface area contributed by atoms with Crippen LogP contribution in [-0.2, 0) is 17.8 Å². The second-order valence-electron chi connectivity index (χ2n) is 6.09. The normalized spacial score (nSPS) is 18.1. The van der Waals surface area contributed by atoms with E-state index in [1.54, 1.807) is 18.3 Å². The van der Waals surface area contributed by atoms with Crippen LogP contribution in [0.2, 0.25) is 0 Å². The Morgan fingerprint density at radius 3 is 2.83 bits per heavy atom. The highest BCUT2D eigenvalue weighted by Crippen LogP contribution is 2.20. The topological polar surface area (TPSA) is 38.1 Å². The molecular weight excluding hydrogens is 293 g/mol. The van der Waals surface area contributed by atoms with Gasteiger partial charge in [-0.3, -0.25) is 9.48 Å². The molecule has 122 valence electrons. The van der Waals surface area contributed by atoms with Crippen molar-refractivity contribution in [3.05, 3.63) is 54.1 Å². The second-order valence-corrected chi connectivity index (χ2v) is 6.09. The van der Waals surface area contributed by atoms with E-state index < -0.39 is 0 Å². The van der Waals surface area contributed by atoms with Gasteiger partial charge in [0, 0.05) is 25.4 Å². The Morgan fingerprint density at radius 2 is 2.09 bits per heavy atom. The molecule has 1 saturated heterocycles. The summed E-state index contributed by atoms with van der Waals surface area (Å²) in [4.78, 5) is 14.6. The van der Waals surface area contributed by atoms with Gasteiger partial charge in [-0.1, -0.05) is 12.1 Å². The summed E-state index contributed by atoms with van der Waals surface area (Å²) >= 11 is 0. The van der Waals surface area contributed by atoms with Crippen molar-refractivity contribution in [2.75, 3.05) is 6.54 Å². The number of carbonyl (C=O) groups is 1. The summed E-state index contributed by atoms with van der Waals surface area (Å²) in [6.45, 7) is 1.59. The molecule has 1 aromatic carbocycles. The molecule has 3 rings (SSSR count). The Morgan fingerprint density at radius 1 is 1.26 bits per heavy atom. The lowest BCUT2D eigenvalue weighted by Gasteiger charge is -2.36. The maximum absolute atomic E-state index is 12.9. The number of halogens is 1. The van der Waals surface area contributed by atoms with Gasteiger partial charge in [0.05, 0.1) is 12.6 Å². The predicted molar refractivity (Wildman–Crippen MR) is 86.3 cm³/mol. The van der Waals surface area contributed by atoms with E-state index in [0.29, 0.717) is 12.8 Å². The number of rotatable bonds is 5. The van der Waals surface area contributed by atoms with Gasteiger partial charge in [-0.2, -0.15) is 5.10 Å². The van der Waals surface area contributed by atoms with Crippen molar-refractivity contribution in [1.29, 1.82) is 0 Å². The van der Waals surface area contributed by atoms with E-state index in [1.165, 1.54) is 12.1 Å². The molecule has 5 heteroatoms. The molecule has 2 aromatic rings. The molecule has 0 unspecified atom stereocenters. The van der Waals surface area contributed by atoms with E-state index in [1.807, 2.05) is 21.8 Å². The number of nitrogens with zero attached hydrogens (tertiary/aromatic N) is 3. The smallest absolute Gasteiger partial charge is 0.223 e. The van der Waals surface area contributed by atoms with Crippen LogP contribution >= 0.6 is 0 Å². The van der Waals surface area contributed by atoms with Gasteiger partial charge >= 0.3 is 0 Å². The number of benzene rings is 1. The van der Waals surface area contributed by atoms with Crippen molar-refractivity contribution in [2.24, 2.45) is 0 Å². The summed E-state index contributed by atoms with van der Waals surface area (Å²) in [5, 5.41) is 4.25. The van der Waals surface area contributed by atoms with Gasteiger partial charge in [-0.15, -0.1) is 0 Å². The van der Waals surface area contributed by atoms with Crippen LogP contribution in [0.1, 0.15) is 31.2 Å². The summed E-state index contributed by atoms with van der Waals surface area (Å²) < 4.78 is 14.8. The Kier molecular flexibility index (Phi) is 5.05. The minimum absolute atomic E-state index is 0.186. The van der Waals surface area contributed by atoms with Crippen LogP contribution < -0.4 is 0 Å². The third-order valence-corrected chi connectivity index (χ3v) is 4.45. The molecule has 23 heavy (non-hydrogen) atoms.